The van der Waals surface area contributed by atoms with Crippen LogP contribution in [0.5, 0.6) is 0 Å². The lowest BCUT2D eigenvalue weighted by Gasteiger charge is -2.39. The summed E-state index contributed by atoms with van der Waals surface area (Å²) in [5, 5.41) is 9.67. The van der Waals surface area contributed by atoms with Crippen LogP contribution < -0.4 is 16.0 Å². The van der Waals surface area contributed by atoms with Gasteiger partial charge in [-0.05, 0) is 49.4 Å². The zero-order chi connectivity index (χ0) is 20.4. The molecule has 2 unspecified atom stereocenters. The summed E-state index contributed by atoms with van der Waals surface area (Å²) in [7, 11) is 0. The van der Waals surface area contributed by atoms with Gasteiger partial charge in [0.15, 0.2) is 0 Å². The largest absolute Gasteiger partial charge is 0.322 e. The molecule has 7 nitrogen and oxygen atoms in total. The quantitative estimate of drug-likeness (QED) is 0.631. The minimum atomic E-state index is -0.567. The highest BCUT2D eigenvalue weighted by Gasteiger charge is 2.40. The molecule has 3 amide bonds. The molecule has 156 valence electrons. The van der Waals surface area contributed by atoms with Crippen LogP contribution in [-0.2, 0) is 22.7 Å². The van der Waals surface area contributed by atoms with E-state index in [2.05, 4.69) is 28.9 Å². The van der Waals surface area contributed by atoms with E-state index in [9.17, 15) is 14.4 Å². The van der Waals surface area contributed by atoms with Crippen LogP contribution in [0.1, 0.15) is 66.9 Å². The van der Waals surface area contributed by atoms with Crippen molar-refractivity contribution in [3.8, 4) is 0 Å². The molecule has 29 heavy (non-hydrogen) atoms. The van der Waals surface area contributed by atoms with Crippen molar-refractivity contribution in [2.75, 3.05) is 13.1 Å². The summed E-state index contributed by atoms with van der Waals surface area (Å²) in [5.74, 6) is -0.737. The molecule has 2 fully saturated rings. The summed E-state index contributed by atoms with van der Waals surface area (Å²) < 4.78 is 0. The predicted octanol–water partition coefficient (Wildman–Crippen LogP) is 1.46. The van der Waals surface area contributed by atoms with E-state index in [1.165, 1.54) is 6.42 Å². The van der Waals surface area contributed by atoms with Crippen molar-refractivity contribution in [1.29, 1.82) is 0 Å². The van der Waals surface area contributed by atoms with E-state index in [1.807, 2.05) is 12.1 Å². The lowest BCUT2D eigenvalue weighted by Crippen LogP contribution is -2.55. The van der Waals surface area contributed by atoms with E-state index in [0.29, 0.717) is 25.1 Å². The van der Waals surface area contributed by atoms with E-state index < -0.39 is 6.04 Å². The number of piperidine rings is 2. The Morgan fingerprint density at radius 2 is 2.14 bits per heavy atom. The fraction of sp³-hybridized carbons (Fsp3) is 0.591. The van der Waals surface area contributed by atoms with Crippen molar-refractivity contribution in [3.63, 3.8) is 0 Å². The first-order chi connectivity index (χ1) is 14.0. The fourth-order valence-corrected chi connectivity index (χ4v) is 5.00. The number of nitrogens with zero attached hydrogens (tertiary/aromatic N) is 1. The highest BCUT2D eigenvalue weighted by molar-refractivity contribution is 6.05. The van der Waals surface area contributed by atoms with E-state index in [4.69, 9.17) is 0 Å². The van der Waals surface area contributed by atoms with Crippen LogP contribution in [0.3, 0.4) is 0 Å². The smallest absolute Gasteiger partial charge is 0.255 e. The van der Waals surface area contributed by atoms with Crippen LogP contribution in [-0.4, -0.2) is 47.3 Å². The molecule has 3 aliphatic heterocycles. The van der Waals surface area contributed by atoms with Crippen molar-refractivity contribution < 1.29 is 14.4 Å². The number of hydrogen-bond acceptors (Lipinski definition) is 5. The number of amides is 3. The molecule has 3 N–H and O–H groups in total. The lowest BCUT2D eigenvalue weighted by atomic mass is 9.85. The van der Waals surface area contributed by atoms with Gasteiger partial charge in [-0.2, -0.15) is 0 Å². The van der Waals surface area contributed by atoms with Gasteiger partial charge in [-0.1, -0.05) is 25.5 Å². The Bertz CT molecular complexity index is 811. The maximum atomic E-state index is 13.0. The Morgan fingerprint density at radius 1 is 1.28 bits per heavy atom. The Morgan fingerprint density at radius 3 is 2.86 bits per heavy atom. The number of hydrogen-bond donors (Lipinski definition) is 3. The van der Waals surface area contributed by atoms with Gasteiger partial charge in [0.1, 0.15) is 6.04 Å². The summed E-state index contributed by atoms with van der Waals surface area (Å²) >= 11 is 0. The van der Waals surface area contributed by atoms with Crippen molar-refractivity contribution in [2.24, 2.45) is 0 Å². The summed E-state index contributed by atoms with van der Waals surface area (Å²) in [4.78, 5) is 38.3. The number of rotatable bonds is 6. The SMILES string of the molecule is CCCC1(NCc2cccc3c2CN(C2CCC(=O)NC2=O)C3=O)CCCNC1. The third kappa shape index (κ3) is 3.94. The van der Waals surface area contributed by atoms with Gasteiger partial charge in [-0.25, -0.2) is 0 Å². The van der Waals surface area contributed by atoms with Crippen LogP contribution >= 0.6 is 0 Å². The number of imide groups is 1. The van der Waals surface area contributed by atoms with Gasteiger partial charge in [0, 0.05) is 37.2 Å². The van der Waals surface area contributed by atoms with Gasteiger partial charge in [0.25, 0.3) is 5.91 Å². The number of carbonyl (C=O) groups excluding carboxylic acids is 3. The molecule has 7 heteroatoms. The molecule has 0 aromatic heterocycles. The van der Waals surface area contributed by atoms with Gasteiger partial charge >= 0.3 is 0 Å². The highest BCUT2D eigenvalue weighted by Crippen LogP contribution is 2.30. The Balaban J connectivity index is 1.51. The average molecular weight is 399 g/mol. The van der Waals surface area contributed by atoms with Crippen molar-refractivity contribution in [3.05, 3.63) is 34.9 Å². The zero-order valence-electron chi connectivity index (χ0n) is 17.1. The molecule has 0 aliphatic carbocycles. The molecule has 0 spiro atoms. The average Bonchev–Trinajstić information content (AvgIpc) is 3.05. The number of carbonyl (C=O) groups is 3. The first-order valence-electron chi connectivity index (χ1n) is 10.7. The Labute approximate surface area is 171 Å². The van der Waals surface area contributed by atoms with Crippen molar-refractivity contribution >= 4 is 17.7 Å². The molecule has 2 atom stereocenters. The first-order valence-corrected chi connectivity index (χ1v) is 10.7. The normalized spacial score (nSPS) is 27.1. The molecule has 1 aromatic rings. The molecule has 0 radical (unpaired) electrons. The van der Waals surface area contributed by atoms with Crippen LogP contribution in [0.4, 0.5) is 0 Å². The van der Waals surface area contributed by atoms with Crippen LogP contribution in [0.15, 0.2) is 18.2 Å². The molecule has 4 rings (SSSR count). The molecule has 1 aromatic carbocycles. The van der Waals surface area contributed by atoms with E-state index >= 15 is 0 Å². The summed E-state index contributed by atoms with van der Waals surface area (Å²) in [6, 6.07) is 5.27. The highest BCUT2D eigenvalue weighted by atomic mass is 16.2. The molecular weight excluding hydrogens is 368 g/mol. The fourth-order valence-electron chi connectivity index (χ4n) is 5.00. The third-order valence-corrected chi connectivity index (χ3v) is 6.53. The summed E-state index contributed by atoms with van der Waals surface area (Å²) in [6.07, 6.45) is 5.24. The van der Waals surface area contributed by atoms with Gasteiger partial charge in [0.05, 0.1) is 0 Å². The molecule has 3 heterocycles. The maximum absolute atomic E-state index is 13.0. The Kier molecular flexibility index (Phi) is 5.69. The second-order valence-electron chi connectivity index (χ2n) is 8.51. The molecule has 0 saturated carbocycles. The minimum absolute atomic E-state index is 0.0989. The van der Waals surface area contributed by atoms with E-state index in [1.54, 1.807) is 4.90 Å². The van der Waals surface area contributed by atoms with E-state index in [0.717, 1.165) is 43.5 Å². The number of fused-ring (bicyclic) bond motifs is 1. The van der Waals surface area contributed by atoms with Gasteiger partial charge in [-0.15, -0.1) is 0 Å². The van der Waals surface area contributed by atoms with Gasteiger partial charge < -0.3 is 15.5 Å². The van der Waals surface area contributed by atoms with Crippen molar-refractivity contribution in [1.82, 2.24) is 20.9 Å². The second-order valence-corrected chi connectivity index (χ2v) is 8.51. The number of nitrogens with one attached hydrogen (secondary N) is 3. The second kappa shape index (κ2) is 8.24. The monoisotopic (exact) mass is 398 g/mol. The predicted molar refractivity (Wildman–Crippen MR) is 109 cm³/mol. The van der Waals surface area contributed by atoms with Crippen LogP contribution in [0.2, 0.25) is 0 Å². The molecule has 3 aliphatic rings. The van der Waals surface area contributed by atoms with Gasteiger partial charge in [-0.3, -0.25) is 19.7 Å². The number of benzene rings is 1. The molecular formula is C22H30N4O3. The maximum Gasteiger partial charge on any atom is 0.255 e. The zero-order valence-corrected chi connectivity index (χ0v) is 17.1. The minimum Gasteiger partial charge on any atom is -0.322 e. The van der Waals surface area contributed by atoms with Gasteiger partial charge in [0.2, 0.25) is 11.8 Å². The molecule has 0 bridgehead atoms. The van der Waals surface area contributed by atoms with Crippen molar-refractivity contribution in [2.45, 2.75) is 70.1 Å². The van der Waals surface area contributed by atoms with Crippen LogP contribution in [0, 0.1) is 0 Å². The van der Waals surface area contributed by atoms with E-state index in [-0.39, 0.29) is 29.7 Å². The summed E-state index contributed by atoms with van der Waals surface area (Å²) in [5.41, 5.74) is 2.90. The lowest BCUT2D eigenvalue weighted by molar-refractivity contribution is -0.136. The summed E-state index contributed by atoms with van der Waals surface area (Å²) in [6.45, 7) is 5.40. The van der Waals surface area contributed by atoms with Crippen LogP contribution in [0.25, 0.3) is 0 Å². The molecule has 2 saturated heterocycles. The topological polar surface area (TPSA) is 90.5 Å². The first kappa shape index (κ1) is 20.0. The third-order valence-electron chi connectivity index (χ3n) is 6.53. The Hall–Kier alpha value is -2.25. The standard InChI is InChI=1S/C22H30N4O3/c1-2-9-22(10-4-11-23-14-22)24-12-15-5-3-6-16-17(15)13-26(21(16)29)18-7-8-19(27)25-20(18)28/h3,5-6,18,23-24H,2,4,7-14H2,1H3,(H,25,27,28).